The van der Waals surface area contributed by atoms with Gasteiger partial charge in [0.2, 0.25) is 5.91 Å². The number of nitrogens with one attached hydrogen (secondary N) is 1. The number of carbonyl (C=O) groups is 1. The summed E-state index contributed by atoms with van der Waals surface area (Å²) < 4.78 is 0. The first-order valence-electron chi connectivity index (χ1n) is 5.01. The van der Waals surface area contributed by atoms with Crippen molar-refractivity contribution < 1.29 is 9.90 Å². The van der Waals surface area contributed by atoms with Crippen LogP contribution in [0.2, 0.25) is 0 Å². The van der Waals surface area contributed by atoms with Gasteiger partial charge in [0, 0.05) is 12.0 Å². The van der Waals surface area contributed by atoms with E-state index in [4.69, 9.17) is 5.11 Å². The molecule has 3 heteroatoms. The van der Waals surface area contributed by atoms with Gasteiger partial charge >= 0.3 is 0 Å². The summed E-state index contributed by atoms with van der Waals surface area (Å²) in [5, 5.41) is 11.8. The van der Waals surface area contributed by atoms with Crippen LogP contribution in [0, 0.1) is 5.41 Å². The van der Waals surface area contributed by atoms with Gasteiger partial charge in [-0.25, -0.2) is 0 Å². The second kappa shape index (κ2) is 4.09. The van der Waals surface area contributed by atoms with Crippen LogP contribution in [0.1, 0.15) is 39.5 Å². The highest BCUT2D eigenvalue weighted by Crippen LogP contribution is 2.37. The van der Waals surface area contributed by atoms with E-state index in [2.05, 4.69) is 5.32 Å². The van der Waals surface area contributed by atoms with Crippen molar-refractivity contribution in [2.24, 2.45) is 5.41 Å². The molecule has 0 aromatic heterocycles. The molecule has 1 amide bonds. The molecule has 76 valence electrons. The zero-order chi connectivity index (χ0) is 9.90. The summed E-state index contributed by atoms with van der Waals surface area (Å²) in [6, 6.07) is 0. The van der Waals surface area contributed by atoms with E-state index in [0.29, 0.717) is 6.54 Å². The largest absolute Gasteiger partial charge is 0.392 e. The summed E-state index contributed by atoms with van der Waals surface area (Å²) in [5.41, 5.74) is -0.172. The van der Waals surface area contributed by atoms with Crippen molar-refractivity contribution in [2.45, 2.75) is 45.6 Å². The van der Waals surface area contributed by atoms with Crippen LogP contribution in [-0.2, 0) is 4.79 Å². The molecule has 1 fully saturated rings. The molecule has 0 heterocycles. The topological polar surface area (TPSA) is 49.3 Å². The molecule has 0 radical (unpaired) electrons. The molecular weight excluding hydrogens is 166 g/mol. The Morgan fingerprint density at radius 3 is 2.54 bits per heavy atom. The Labute approximate surface area is 79.5 Å². The number of aliphatic hydroxyl groups is 1. The first-order valence-corrected chi connectivity index (χ1v) is 5.01. The van der Waals surface area contributed by atoms with Crippen molar-refractivity contribution in [3.63, 3.8) is 0 Å². The molecule has 3 nitrogen and oxygen atoms in total. The van der Waals surface area contributed by atoms with E-state index in [1.54, 1.807) is 6.92 Å². The van der Waals surface area contributed by atoms with E-state index >= 15 is 0 Å². The minimum Gasteiger partial charge on any atom is -0.392 e. The lowest BCUT2D eigenvalue weighted by Gasteiger charge is -2.22. The molecule has 0 spiro atoms. The van der Waals surface area contributed by atoms with E-state index < -0.39 is 6.10 Å². The van der Waals surface area contributed by atoms with Crippen molar-refractivity contribution >= 4 is 5.91 Å². The highest BCUT2D eigenvalue weighted by Gasteiger charge is 2.35. The van der Waals surface area contributed by atoms with Crippen molar-refractivity contribution in [1.29, 1.82) is 0 Å². The number of hydrogen-bond acceptors (Lipinski definition) is 2. The summed E-state index contributed by atoms with van der Waals surface area (Å²) in [5.74, 6) is 0.103. The molecule has 0 bridgehead atoms. The van der Waals surface area contributed by atoms with Gasteiger partial charge in [-0.2, -0.15) is 0 Å². The van der Waals surface area contributed by atoms with Crippen LogP contribution in [0.5, 0.6) is 0 Å². The van der Waals surface area contributed by atoms with Crippen LogP contribution in [0.15, 0.2) is 0 Å². The Hall–Kier alpha value is -0.570. The smallest absolute Gasteiger partial charge is 0.226 e. The zero-order valence-electron chi connectivity index (χ0n) is 8.47. The maximum Gasteiger partial charge on any atom is 0.226 e. The average Bonchev–Trinajstić information content (AvgIpc) is 2.49. The van der Waals surface area contributed by atoms with Gasteiger partial charge in [0.15, 0.2) is 0 Å². The molecule has 1 aliphatic carbocycles. The Bertz CT molecular complexity index is 183. The third kappa shape index (κ3) is 2.69. The molecule has 1 rings (SSSR count). The van der Waals surface area contributed by atoms with Crippen molar-refractivity contribution in [3.05, 3.63) is 0 Å². The van der Waals surface area contributed by atoms with Crippen LogP contribution < -0.4 is 5.32 Å². The molecule has 2 N–H and O–H groups in total. The maximum absolute atomic E-state index is 11.6. The van der Waals surface area contributed by atoms with Gasteiger partial charge in [0.05, 0.1) is 6.10 Å². The normalized spacial score (nSPS) is 22.7. The number of amides is 1. The SMILES string of the molecule is C[C@@H](O)CNC(=O)C1(C)CCCC1. The minimum atomic E-state index is -0.450. The van der Waals surface area contributed by atoms with Gasteiger partial charge in [-0.15, -0.1) is 0 Å². The third-order valence-electron chi connectivity index (χ3n) is 2.81. The van der Waals surface area contributed by atoms with Crippen LogP contribution in [-0.4, -0.2) is 23.7 Å². The lowest BCUT2D eigenvalue weighted by atomic mass is 9.88. The van der Waals surface area contributed by atoms with Crippen LogP contribution in [0.3, 0.4) is 0 Å². The second-order valence-electron chi connectivity index (χ2n) is 4.33. The molecule has 1 atom stereocenters. The van der Waals surface area contributed by atoms with Crippen LogP contribution in [0.4, 0.5) is 0 Å². The fourth-order valence-electron chi connectivity index (χ4n) is 1.84. The van der Waals surface area contributed by atoms with E-state index in [9.17, 15) is 4.79 Å². The standard InChI is InChI=1S/C10H19NO2/c1-8(12)7-11-9(13)10(2)5-3-4-6-10/h8,12H,3-7H2,1-2H3,(H,11,13)/t8-/m1/s1. The van der Waals surface area contributed by atoms with Gasteiger partial charge in [0.1, 0.15) is 0 Å². The number of aliphatic hydroxyl groups excluding tert-OH is 1. The fraction of sp³-hybridized carbons (Fsp3) is 0.900. The first-order chi connectivity index (χ1) is 6.04. The minimum absolute atomic E-state index is 0.103. The van der Waals surface area contributed by atoms with Gasteiger partial charge < -0.3 is 10.4 Å². The van der Waals surface area contributed by atoms with Crippen molar-refractivity contribution in [1.82, 2.24) is 5.32 Å². The molecule has 1 saturated carbocycles. The predicted molar refractivity (Wildman–Crippen MR) is 51.3 cm³/mol. The lowest BCUT2D eigenvalue weighted by molar-refractivity contribution is -0.130. The maximum atomic E-state index is 11.6. The molecular formula is C10H19NO2. The zero-order valence-corrected chi connectivity index (χ0v) is 8.47. The number of hydrogen-bond donors (Lipinski definition) is 2. The molecule has 0 unspecified atom stereocenters. The summed E-state index contributed by atoms with van der Waals surface area (Å²) in [6.07, 6.45) is 3.82. The van der Waals surface area contributed by atoms with Crippen LogP contribution >= 0.6 is 0 Å². The molecule has 0 saturated heterocycles. The Balaban J connectivity index is 2.38. The Morgan fingerprint density at radius 1 is 1.54 bits per heavy atom. The first kappa shape index (κ1) is 10.5. The highest BCUT2D eigenvalue weighted by molar-refractivity contribution is 5.82. The van der Waals surface area contributed by atoms with Crippen molar-refractivity contribution in [2.75, 3.05) is 6.54 Å². The number of rotatable bonds is 3. The molecule has 13 heavy (non-hydrogen) atoms. The van der Waals surface area contributed by atoms with Gasteiger partial charge in [-0.1, -0.05) is 19.8 Å². The number of carbonyl (C=O) groups excluding carboxylic acids is 1. The van der Waals surface area contributed by atoms with E-state index in [0.717, 1.165) is 25.7 Å². The average molecular weight is 185 g/mol. The predicted octanol–water partition coefficient (Wildman–Crippen LogP) is 1.06. The fourth-order valence-corrected chi connectivity index (χ4v) is 1.84. The van der Waals surface area contributed by atoms with E-state index in [-0.39, 0.29) is 11.3 Å². The molecule has 1 aliphatic rings. The van der Waals surface area contributed by atoms with Gasteiger partial charge in [0.25, 0.3) is 0 Å². The quantitative estimate of drug-likeness (QED) is 0.691. The Morgan fingerprint density at radius 2 is 2.08 bits per heavy atom. The lowest BCUT2D eigenvalue weighted by Crippen LogP contribution is -2.40. The second-order valence-corrected chi connectivity index (χ2v) is 4.33. The summed E-state index contributed by atoms with van der Waals surface area (Å²) in [4.78, 5) is 11.6. The summed E-state index contributed by atoms with van der Waals surface area (Å²) in [7, 11) is 0. The van der Waals surface area contributed by atoms with E-state index in [1.165, 1.54) is 0 Å². The molecule has 0 aromatic carbocycles. The monoisotopic (exact) mass is 185 g/mol. The summed E-state index contributed by atoms with van der Waals surface area (Å²) in [6.45, 7) is 4.06. The highest BCUT2D eigenvalue weighted by atomic mass is 16.3. The van der Waals surface area contributed by atoms with Gasteiger partial charge in [-0.3, -0.25) is 4.79 Å². The molecule has 0 aromatic rings. The molecule has 0 aliphatic heterocycles. The van der Waals surface area contributed by atoms with Gasteiger partial charge in [-0.05, 0) is 19.8 Å². The van der Waals surface area contributed by atoms with Crippen LogP contribution in [0.25, 0.3) is 0 Å². The third-order valence-corrected chi connectivity index (χ3v) is 2.81. The van der Waals surface area contributed by atoms with Crippen molar-refractivity contribution in [3.8, 4) is 0 Å². The Kier molecular flexibility index (Phi) is 3.31. The van der Waals surface area contributed by atoms with E-state index in [1.807, 2.05) is 6.92 Å². The summed E-state index contributed by atoms with van der Waals surface area (Å²) >= 11 is 0.